The van der Waals surface area contributed by atoms with Crippen molar-refractivity contribution in [1.82, 2.24) is 26.2 Å². The monoisotopic (exact) mass is 711 g/mol. The molecule has 11 heteroatoms. The summed E-state index contributed by atoms with van der Waals surface area (Å²) < 4.78 is 10.3. The summed E-state index contributed by atoms with van der Waals surface area (Å²) in [6.45, 7) is 11.3. The summed E-state index contributed by atoms with van der Waals surface area (Å²) in [5.74, 6) is 0.399. The van der Waals surface area contributed by atoms with Crippen molar-refractivity contribution in [3.8, 4) is 0 Å². The zero-order chi connectivity index (χ0) is 36.7. The fourth-order valence-corrected chi connectivity index (χ4v) is 6.56. The van der Waals surface area contributed by atoms with Crippen LogP contribution in [0.5, 0.6) is 0 Å². The van der Waals surface area contributed by atoms with Crippen molar-refractivity contribution in [2.24, 2.45) is 11.8 Å². The number of hydrogen-bond acceptors (Lipinski definition) is 7. The molecule has 4 rings (SSSR count). The number of carbonyl (C=O) groups excluding carboxylic acids is 3. The average Bonchev–Trinajstić information content (AvgIpc) is 3.07. The molecule has 0 spiro atoms. The Balaban J connectivity index is 0.00000103. The standard InChI is InChI=1S/C35H51N5O4.C4H10OS/c1-35(2,3)39-34(44)30-19-27-16-10-11-17-28(27)23-40(30)24-31(41)29(18-25-12-6-4-7-13-25)38-33(43)22-37-32(42)21-36-20-26-14-8-5-9-15-26;1-4(2)6(3)5/h4-9,12-15,27-31,36,41H,10-11,16-24H2,1-3H3,(H,37,42)(H,38,43)(H,39,44);4H,1-3H3. The molecule has 1 saturated heterocycles. The van der Waals surface area contributed by atoms with Gasteiger partial charge < -0.3 is 26.4 Å². The van der Waals surface area contributed by atoms with E-state index in [9.17, 15) is 23.7 Å². The van der Waals surface area contributed by atoms with E-state index in [2.05, 4.69) is 26.2 Å². The van der Waals surface area contributed by atoms with Crippen molar-refractivity contribution >= 4 is 28.5 Å². The Morgan fingerprint density at radius 3 is 2.06 bits per heavy atom. The predicted octanol–water partition coefficient (Wildman–Crippen LogP) is 3.55. The number of benzene rings is 2. The van der Waals surface area contributed by atoms with Crippen LogP contribution in [0.3, 0.4) is 0 Å². The van der Waals surface area contributed by atoms with E-state index in [1.165, 1.54) is 12.8 Å². The van der Waals surface area contributed by atoms with Gasteiger partial charge in [0.25, 0.3) is 0 Å². The van der Waals surface area contributed by atoms with Crippen LogP contribution in [0, 0.1) is 11.8 Å². The molecular weight excluding hydrogens is 651 g/mol. The molecule has 3 amide bonds. The maximum absolute atomic E-state index is 13.5. The molecule has 10 nitrogen and oxygen atoms in total. The van der Waals surface area contributed by atoms with E-state index in [0.29, 0.717) is 30.1 Å². The second-order valence-electron chi connectivity index (χ2n) is 15.1. The largest absolute Gasteiger partial charge is 0.390 e. The SMILES string of the molecule is CC(C)(C)NC(=O)C1CC2CCCCC2CN1CC(O)C(Cc1ccccc1)NC(=O)CNC(=O)CNCc1ccccc1.CC(C)S(C)=O. The number of amides is 3. The molecule has 2 aromatic carbocycles. The summed E-state index contributed by atoms with van der Waals surface area (Å²) in [6.07, 6.45) is 6.74. The number of β-amino-alcohol motifs (C(OH)–C–C–N with tert-alkyl or cyclic N) is 1. The van der Waals surface area contributed by atoms with Gasteiger partial charge in [0.05, 0.1) is 31.3 Å². The first-order valence-corrected chi connectivity index (χ1v) is 19.7. The summed E-state index contributed by atoms with van der Waals surface area (Å²) >= 11 is 0. The van der Waals surface area contributed by atoms with E-state index >= 15 is 0 Å². The van der Waals surface area contributed by atoms with E-state index in [1.807, 2.05) is 95.3 Å². The Hall–Kier alpha value is -3.12. The molecule has 278 valence electrons. The Kier molecular flexibility index (Phi) is 17.1. The van der Waals surface area contributed by atoms with Crippen LogP contribution in [-0.4, -0.2) is 93.3 Å². The maximum Gasteiger partial charge on any atom is 0.239 e. The highest BCUT2D eigenvalue weighted by atomic mass is 32.2. The predicted molar refractivity (Wildman–Crippen MR) is 202 cm³/mol. The zero-order valence-corrected chi connectivity index (χ0v) is 31.8. The highest BCUT2D eigenvalue weighted by Crippen LogP contribution is 2.39. The van der Waals surface area contributed by atoms with Crippen molar-refractivity contribution in [2.45, 2.75) is 109 Å². The first-order chi connectivity index (χ1) is 23.7. The third-order valence-electron chi connectivity index (χ3n) is 9.40. The number of hydrogen-bond donors (Lipinski definition) is 5. The lowest BCUT2D eigenvalue weighted by atomic mass is 9.72. The molecule has 1 heterocycles. The smallest absolute Gasteiger partial charge is 0.239 e. The van der Waals surface area contributed by atoms with Gasteiger partial charge in [-0.3, -0.25) is 23.5 Å². The van der Waals surface area contributed by atoms with E-state index in [0.717, 1.165) is 36.9 Å². The summed E-state index contributed by atoms with van der Waals surface area (Å²) in [5.41, 5.74) is 1.71. The number of likely N-dealkylation sites (tertiary alicyclic amines) is 1. The summed E-state index contributed by atoms with van der Waals surface area (Å²) in [4.78, 5) is 41.0. The number of nitrogens with one attached hydrogen (secondary N) is 4. The zero-order valence-electron chi connectivity index (χ0n) is 31.0. The number of rotatable bonds is 14. The maximum atomic E-state index is 13.5. The quantitative estimate of drug-likeness (QED) is 0.202. The lowest BCUT2D eigenvalue weighted by molar-refractivity contribution is -0.133. The first-order valence-electron chi connectivity index (χ1n) is 18.1. The Morgan fingerprint density at radius 1 is 0.900 bits per heavy atom. The molecule has 0 radical (unpaired) electrons. The van der Waals surface area contributed by atoms with E-state index in [4.69, 9.17) is 0 Å². The van der Waals surface area contributed by atoms with Crippen LogP contribution in [0.25, 0.3) is 0 Å². The molecule has 0 bridgehead atoms. The number of aliphatic hydroxyl groups excluding tert-OH is 1. The van der Waals surface area contributed by atoms with Gasteiger partial charge in [-0.15, -0.1) is 0 Å². The molecule has 0 aromatic heterocycles. The molecule has 1 saturated carbocycles. The van der Waals surface area contributed by atoms with Gasteiger partial charge in [0.15, 0.2) is 0 Å². The van der Waals surface area contributed by atoms with Crippen LogP contribution in [0.2, 0.25) is 0 Å². The molecule has 2 aliphatic rings. The number of nitrogens with zero attached hydrogens (tertiary/aromatic N) is 1. The summed E-state index contributed by atoms with van der Waals surface area (Å²) in [6, 6.07) is 18.6. The van der Waals surface area contributed by atoms with Crippen LogP contribution >= 0.6 is 0 Å². The minimum atomic E-state index is -0.910. The highest BCUT2D eigenvalue weighted by Gasteiger charge is 2.41. The fraction of sp³-hybridized carbons (Fsp3) is 0.615. The number of carbonyl (C=O) groups is 3. The molecule has 2 fully saturated rings. The minimum absolute atomic E-state index is 0.000884. The Labute approximate surface area is 302 Å². The third-order valence-corrected chi connectivity index (χ3v) is 10.7. The van der Waals surface area contributed by atoms with Gasteiger partial charge in [0.2, 0.25) is 17.7 Å². The minimum Gasteiger partial charge on any atom is -0.390 e. The third kappa shape index (κ3) is 15.0. The van der Waals surface area contributed by atoms with Crippen molar-refractivity contribution in [2.75, 3.05) is 32.4 Å². The lowest BCUT2D eigenvalue weighted by Gasteiger charge is -2.47. The van der Waals surface area contributed by atoms with Gasteiger partial charge in [-0.05, 0) is 63.0 Å². The Morgan fingerprint density at radius 2 is 1.48 bits per heavy atom. The second-order valence-corrected chi connectivity index (χ2v) is 17.0. The van der Waals surface area contributed by atoms with Crippen LogP contribution in [0.4, 0.5) is 0 Å². The van der Waals surface area contributed by atoms with Gasteiger partial charge in [-0.2, -0.15) is 0 Å². The van der Waals surface area contributed by atoms with E-state index in [1.54, 1.807) is 6.26 Å². The molecule has 6 unspecified atom stereocenters. The topological polar surface area (TPSA) is 140 Å². The Bertz CT molecular complexity index is 1350. The van der Waals surface area contributed by atoms with E-state index in [-0.39, 0.29) is 48.9 Å². The van der Waals surface area contributed by atoms with Crippen molar-refractivity contribution in [3.05, 3.63) is 71.8 Å². The molecule has 2 aromatic rings. The fourth-order valence-electron chi connectivity index (χ4n) is 6.56. The van der Waals surface area contributed by atoms with Crippen LogP contribution in [-0.2, 0) is 38.1 Å². The molecule has 50 heavy (non-hydrogen) atoms. The molecule has 5 N–H and O–H groups in total. The average molecular weight is 712 g/mol. The van der Waals surface area contributed by atoms with Gasteiger partial charge in [-0.1, -0.05) is 93.8 Å². The van der Waals surface area contributed by atoms with Crippen LogP contribution in [0.15, 0.2) is 60.7 Å². The van der Waals surface area contributed by atoms with Gasteiger partial charge in [0, 0.05) is 47.5 Å². The van der Waals surface area contributed by atoms with Gasteiger partial charge in [-0.25, -0.2) is 0 Å². The number of piperidine rings is 1. The van der Waals surface area contributed by atoms with Gasteiger partial charge >= 0.3 is 0 Å². The summed E-state index contributed by atoms with van der Waals surface area (Å²) in [5, 5.41) is 23.8. The van der Waals surface area contributed by atoms with Crippen LogP contribution in [0.1, 0.15) is 77.8 Å². The van der Waals surface area contributed by atoms with E-state index < -0.39 is 22.9 Å². The molecule has 1 aliphatic heterocycles. The van der Waals surface area contributed by atoms with Crippen molar-refractivity contribution < 1.29 is 23.7 Å². The number of aliphatic hydroxyl groups is 1. The van der Waals surface area contributed by atoms with Crippen LogP contribution < -0.4 is 21.3 Å². The lowest BCUT2D eigenvalue weighted by Crippen LogP contribution is -2.60. The normalized spacial score (nSPS) is 21.1. The van der Waals surface area contributed by atoms with Gasteiger partial charge in [0.1, 0.15) is 0 Å². The molecule has 1 aliphatic carbocycles. The highest BCUT2D eigenvalue weighted by molar-refractivity contribution is 7.84. The number of fused-ring (bicyclic) bond motifs is 1. The molecule has 6 atom stereocenters. The second kappa shape index (κ2) is 20.7. The molecular formula is C39H61N5O5S. The van der Waals surface area contributed by atoms with Crippen molar-refractivity contribution in [1.29, 1.82) is 0 Å². The summed E-state index contributed by atoms with van der Waals surface area (Å²) in [7, 11) is -0.617. The first kappa shape index (κ1) is 41.3. The van der Waals surface area contributed by atoms with Crippen molar-refractivity contribution in [3.63, 3.8) is 0 Å².